The monoisotopic (exact) mass is 361 g/mol. The summed E-state index contributed by atoms with van der Waals surface area (Å²) in [5, 5.41) is 5.15. The fourth-order valence-electron chi connectivity index (χ4n) is 2.37. The van der Waals surface area contributed by atoms with Crippen LogP contribution in [0.3, 0.4) is 0 Å². The Labute approximate surface area is 152 Å². The normalized spacial score (nSPS) is 11.7. The van der Waals surface area contributed by atoms with Crippen molar-refractivity contribution in [3.05, 3.63) is 42.4 Å². The van der Waals surface area contributed by atoms with Crippen LogP contribution in [-0.4, -0.2) is 51.6 Å². The van der Waals surface area contributed by atoms with Crippen molar-refractivity contribution in [2.24, 2.45) is 0 Å². The predicted molar refractivity (Wildman–Crippen MR) is 96.3 cm³/mol. The van der Waals surface area contributed by atoms with Crippen LogP contribution in [0.1, 0.15) is 11.8 Å². The van der Waals surface area contributed by atoms with Crippen LogP contribution >= 0.6 is 0 Å². The fraction of sp³-hybridized carbons (Fsp3) is 0.333. The molecule has 2 amide bonds. The van der Waals surface area contributed by atoms with Crippen molar-refractivity contribution in [1.82, 2.24) is 10.2 Å². The molecule has 0 aliphatic carbocycles. The van der Waals surface area contributed by atoms with E-state index < -0.39 is 11.8 Å². The number of likely N-dealkylation sites (N-methyl/N-ethyl adjacent to an activating group) is 1. The van der Waals surface area contributed by atoms with Crippen LogP contribution in [0.15, 0.2) is 41.0 Å². The summed E-state index contributed by atoms with van der Waals surface area (Å²) >= 11 is 0. The summed E-state index contributed by atoms with van der Waals surface area (Å²) in [6.07, 6.45) is 1.57. The Morgan fingerprint density at radius 3 is 2.50 bits per heavy atom. The Kier molecular flexibility index (Phi) is 6.62. The molecule has 2 aromatic rings. The number of ether oxygens (including phenoxy) is 2. The van der Waals surface area contributed by atoms with Crippen LogP contribution in [0.4, 0.5) is 5.69 Å². The minimum absolute atomic E-state index is 0.183. The van der Waals surface area contributed by atoms with Gasteiger partial charge in [-0.2, -0.15) is 0 Å². The average molecular weight is 361 g/mol. The smallest absolute Gasteiger partial charge is 0.313 e. The van der Waals surface area contributed by atoms with Gasteiger partial charge in [0, 0.05) is 12.6 Å². The SMILES string of the molecule is COc1ccc(NC(=O)C(=O)NC[C@@H](c2ccco2)N(C)C)c(OC)c1. The molecule has 0 aliphatic heterocycles. The number of nitrogens with zero attached hydrogens (tertiary/aromatic N) is 1. The van der Waals surface area contributed by atoms with Gasteiger partial charge in [0.15, 0.2) is 0 Å². The highest BCUT2D eigenvalue weighted by Gasteiger charge is 2.21. The number of benzene rings is 1. The third-order valence-corrected chi connectivity index (χ3v) is 3.81. The first-order valence-electron chi connectivity index (χ1n) is 7.97. The van der Waals surface area contributed by atoms with Gasteiger partial charge in [0.2, 0.25) is 0 Å². The van der Waals surface area contributed by atoms with E-state index >= 15 is 0 Å². The van der Waals surface area contributed by atoms with Crippen LogP contribution in [-0.2, 0) is 9.59 Å². The summed E-state index contributed by atoms with van der Waals surface area (Å²) < 4.78 is 15.7. The van der Waals surface area contributed by atoms with Gasteiger partial charge in [-0.25, -0.2) is 0 Å². The molecule has 1 heterocycles. The predicted octanol–water partition coefficient (Wildman–Crippen LogP) is 1.65. The van der Waals surface area contributed by atoms with Gasteiger partial charge in [0.25, 0.3) is 0 Å². The van der Waals surface area contributed by atoms with E-state index in [2.05, 4.69) is 10.6 Å². The molecule has 0 bridgehead atoms. The Hall–Kier alpha value is -3.00. The molecule has 1 atom stereocenters. The number of rotatable bonds is 7. The van der Waals surface area contributed by atoms with Crippen LogP contribution in [0.2, 0.25) is 0 Å². The standard InChI is InChI=1S/C18H23N3O5/c1-21(2)14(15-6-5-9-26-15)11-19-17(22)18(23)20-13-8-7-12(24-3)10-16(13)25-4/h5-10,14H,11H2,1-4H3,(H,19,22)(H,20,23)/t14-/m0/s1. The lowest BCUT2D eigenvalue weighted by atomic mass is 10.2. The maximum Gasteiger partial charge on any atom is 0.313 e. The topological polar surface area (TPSA) is 93.0 Å². The molecule has 0 fully saturated rings. The molecule has 0 radical (unpaired) electrons. The van der Waals surface area contributed by atoms with E-state index in [0.29, 0.717) is 22.9 Å². The highest BCUT2D eigenvalue weighted by atomic mass is 16.5. The number of hydrogen-bond acceptors (Lipinski definition) is 6. The van der Waals surface area contributed by atoms with Gasteiger partial charge in [0.05, 0.1) is 32.2 Å². The molecule has 1 aromatic heterocycles. The Bertz CT molecular complexity index is 743. The van der Waals surface area contributed by atoms with Crippen molar-refractivity contribution in [3.63, 3.8) is 0 Å². The molecular weight excluding hydrogens is 338 g/mol. The molecule has 140 valence electrons. The summed E-state index contributed by atoms with van der Waals surface area (Å²) in [5.74, 6) is 0.142. The van der Waals surface area contributed by atoms with E-state index in [1.54, 1.807) is 30.5 Å². The summed E-state index contributed by atoms with van der Waals surface area (Å²) in [6.45, 7) is 0.229. The second kappa shape index (κ2) is 8.91. The van der Waals surface area contributed by atoms with Gasteiger partial charge in [0.1, 0.15) is 17.3 Å². The van der Waals surface area contributed by atoms with Crippen LogP contribution in [0.5, 0.6) is 11.5 Å². The van der Waals surface area contributed by atoms with Gasteiger partial charge in [-0.15, -0.1) is 0 Å². The molecular formula is C18H23N3O5. The van der Waals surface area contributed by atoms with E-state index in [-0.39, 0.29) is 12.6 Å². The lowest BCUT2D eigenvalue weighted by Gasteiger charge is -2.22. The van der Waals surface area contributed by atoms with Crippen LogP contribution in [0.25, 0.3) is 0 Å². The van der Waals surface area contributed by atoms with Crippen molar-refractivity contribution in [1.29, 1.82) is 0 Å². The minimum Gasteiger partial charge on any atom is -0.497 e. The van der Waals surface area contributed by atoms with Crippen LogP contribution in [0, 0.1) is 0 Å². The molecule has 0 spiro atoms. The molecule has 8 heteroatoms. The third-order valence-electron chi connectivity index (χ3n) is 3.81. The number of carbonyl (C=O) groups is 2. The van der Waals surface area contributed by atoms with E-state index in [1.165, 1.54) is 14.2 Å². The number of amides is 2. The van der Waals surface area contributed by atoms with Gasteiger partial charge in [-0.05, 0) is 38.4 Å². The lowest BCUT2D eigenvalue weighted by molar-refractivity contribution is -0.136. The summed E-state index contributed by atoms with van der Waals surface area (Å²) in [4.78, 5) is 26.2. The molecule has 0 unspecified atom stereocenters. The zero-order valence-electron chi connectivity index (χ0n) is 15.2. The Balaban J connectivity index is 1.98. The first-order valence-corrected chi connectivity index (χ1v) is 7.97. The summed E-state index contributed by atoms with van der Waals surface area (Å²) in [6, 6.07) is 8.29. The van der Waals surface area contributed by atoms with E-state index in [4.69, 9.17) is 13.9 Å². The fourth-order valence-corrected chi connectivity index (χ4v) is 2.37. The molecule has 0 aliphatic rings. The highest BCUT2D eigenvalue weighted by Crippen LogP contribution is 2.28. The summed E-state index contributed by atoms with van der Waals surface area (Å²) in [5.41, 5.74) is 0.378. The molecule has 8 nitrogen and oxygen atoms in total. The summed E-state index contributed by atoms with van der Waals surface area (Å²) in [7, 11) is 6.72. The van der Waals surface area contributed by atoms with Gasteiger partial charge < -0.3 is 24.5 Å². The number of anilines is 1. The number of methoxy groups -OCH3 is 2. The molecule has 26 heavy (non-hydrogen) atoms. The second-order valence-corrected chi connectivity index (χ2v) is 5.73. The largest absolute Gasteiger partial charge is 0.497 e. The molecule has 0 saturated carbocycles. The van der Waals surface area contributed by atoms with E-state index in [1.807, 2.05) is 25.1 Å². The molecule has 2 rings (SSSR count). The second-order valence-electron chi connectivity index (χ2n) is 5.73. The first-order chi connectivity index (χ1) is 12.5. The molecule has 0 saturated heterocycles. The minimum atomic E-state index is -0.787. The zero-order valence-corrected chi connectivity index (χ0v) is 15.2. The van der Waals surface area contributed by atoms with Crippen LogP contribution < -0.4 is 20.1 Å². The zero-order chi connectivity index (χ0) is 19.1. The van der Waals surface area contributed by atoms with Crippen molar-refractivity contribution < 1.29 is 23.5 Å². The number of carbonyl (C=O) groups excluding carboxylic acids is 2. The number of furan rings is 1. The van der Waals surface area contributed by atoms with Crippen molar-refractivity contribution >= 4 is 17.5 Å². The van der Waals surface area contributed by atoms with Gasteiger partial charge >= 0.3 is 11.8 Å². The van der Waals surface area contributed by atoms with E-state index in [0.717, 1.165) is 0 Å². The maximum atomic E-state index is 12.2. The number of hydrogen-bond donors (Lipinski definition) is 2. The first kappa shape index (κ1) is 19.3. The Morgan fingerprint density at radius 2 is 1.92 bits per heavy atom. The molecule has 1 aromatic carbocycles. The highest BCUT2D eigenvalue weighted by molar-refractivity contribution is 6.39. The van der Waals surface area contributed by atoms with Crippen molar-refractivity contribution in [2.75, 3.05) is 40.2 Å². The Morgan fingerprint density at radius 1 is 1.15 bits per heavy atom. The average Bonchev–Trinajstić information content (AvgIpc) is 3.15. The maximum absolute atomic E-state index is 12.2. The third kappa shape index (κ3) is 4.76. The van der Waals surface area contributed by atoms with Crippen molar-refractivity contribution in [3.8, 4) is 11.5 Å². The van der Waals surface area contributed by atoms with Gasteiger partial charge in [-0.3, -0.25) is 14.5 Å². The number of nitrogens with one attached hydrogen (secondary N) is 2. The lowest BCUT2D eigenvalue weighted by Crippen LogP contribution is -2.40. The van der Waals surface area contributed by atoms with Crippen molar-refractivity contribution in [2.45, 2.75) is 6.04 Å². The quantitative estimate of drug-likeness (QED) is 0.729. The molecule has 2 N–H and O–H groups in total. The van der Waals surface area contributed by atoms with Gasteiger partial charge in [-0.1, -0.05) is 0 Å². The van der Waals surface area contributed by atoms with E-state index in [9.17, 15) is 9.59 Å².